The van der Waals surface area contributed by atoms with E-state index in [1.165, 1.54) is 16.7 Å². The van der Waals surface area contributed by atoms with E-state index in [1.54, 1.807) is 0 Å². The van der Waals surface area contributed by atoms with Gasteiger partial charge in [0.05, 0.1) is 0 Å². The molecule has 1 aliphatic carbocycles. The molecule has 0 radical (unpaired) electrons. The molecule has 0 saturated heterocycles. The third kappa shape index (κ3) is 13.1. The molecule has 0 aromatic rings. The molecular formula is C13H25Cl2NZr. The average Bonchev–Trinajstić information content (AvgIpc) is 2.14. The summed E-state index contributed by atoms with van der Waals surface area (Å²) in [6.45, 7) is 14.2. The van der Waals surface area contributed by atoms with E-state index in [1.807, 2.05) is 20.8 Å². The summed E-state index contributed by atoms with van der Waals surface area (Å²) in [5.41, 5.74) is 10.9. The number of rotatable bonds is 0. The van der Waals surface area contributed by atoms with Crippen molar-refractivity contribution < 1.29 is 26.2 Å². The maximum absolute atomic E-state index is 6.94. The first kappa shape index (κ1) is 26.5. The van der Waals surface area contributed by atoms with E-state index in [4.69, 9.17) is 5.73 Å². The summed E-state index contributed by atoms with van der Waals surface area (Å²) < 4.78 is 0. The van der Waals surface area contributed by atoms with Crippen LogP contribution in [0.1, 0.15) is 48.5 Å². The fraction of sp³-hybridized carbons (Fsp3) is 0.692. The van der Waals surface area contributed by atoms with Gasteiger partial charge in [-0.2, -0.15) is 11.1 Å². The monoisotopic (exact) mass is 355 g/mol. The number of hydrogen-bond donors (Lipinski definition) is 0. The minimum atomic E-state index is -0.250. The van der Waals surface area contributed by atoms with Gasteiger partial charge in [0.25, 0.3) is 0 Å². The zero-order valence-corrected chi connectivity index (χ0v) is 16.0. The molecule has 0 bridgehead atoms. The van der Waals surface area contributed by atoms with Gasteiger partial charge in [0.15, 0.2) is 0 Å². The molecule has 1 N–H and O–H groups in total. The minimum absolute atomic E-state index is 0. The van der Waals surface area contributed by atoms with E-state index < -0.39 is 0 Å². The molecule has 1 nitrogen and oxygen atoms in total. The summed E-state index contributed by atoms with van der Waals surface area (Å²) >= 11 is 0. The van der Waals surface area contributed by atoms with Gasteiger partial charge in [0, 0.05) is 0 Å². The van der Waals surface area contributed by atoms with Crippen LogP contribution in [0.2, 0.25) is 0 Å². The maximum atomic E-state index is 6.94. The van der Waals surface area contributed by atoms with Crippen LogP contribution in [0.15, 0.2) is 16.7 Å². The molecular weight excluding hydrogens is 332 g/mol. The Kier molecular flexibility index (Phi) is 16.8. The molecule has 0 aliphatic heterocycles. The number of halogens is 2. The van der Waals surface area contributed by atoms with Gasteiger partial charge in [-0.3, -0.25) is 6.08 Å². The Morgan fingerprint density at radius 2 is 1.35 bits per heavy atom. The molecule has 100 valence electrons. The van der Waals surface area contributed by atoms with E-state index in [2.05, 4.69) is 33.8 Å². The summed E-state index contributed by atoms with van der Waals surface area (Å²) in [6.07, 6.45) is 3.36. The predicted molar refractivity (Wildman–Crippen MR) is 78.5 cm³/mol. The smallest absolute Gasteiger partial charge is 0.673 e. The molecule has 4 heteroatoms. The van der Waals surface area contributed by atoms with Gasteiger partial charge in [-0.25, -0.2) is 5.57 Å². The van der Waals surface area contributed by atoms with Gasteiger partial charge in [-0.15, -0.1) is 37.3 Å². The summed E-state index contributed by atoms with van der Waals surface area (Å²) in [5, 5.41) is 0. The van der Waals surface area contributed by atoms with Gasteiger partial charge >= 0.3 is 26.2 Å². The Balaban J connectivity index is -0.0000000948. The van der Waals surface area contributed by atoms with Crippen molar-refractivity contribution >= 4 is 24.8 Å². The SMILES string of the molecule is CC(C)(C)[NH-].CC1=[C-]C(C)C(C)=C1C.Cl.Cl.[Zr+2]. The molecule has 0 aromatic carbocycles. The second-order valence-corrected chi connectivity index (χ2v) is 5.05. The van der Waals surface area contributed by atoms with E-state index in [0.717, 1.165) is 0 Å². The van der Waals surface area contributed by atoms with Crippen molar-refractivity contribution in [3.63, 3.8) is 0 Å². The molecule has 1 atom stereocenters. The summed E-state index contributed by atoms with van der Waals surface area (Å²) in [4.78, 5) is 0. The summed E-state index contributed by atoms with van der Waals surface area (Å²) in [6, 6.07) is 0. The Bertz CT molecular complexity index is 259. The Hall–Kier alpha value is 0.903. The first-order valence-corrected chi connectivity index (χ1v) is 5.15. The number of hydrogen-bond acceptors (Lipinski definition) is 0. The molecule has 0 spiro atoms. The van der Waals surface area contributed by atoms with E-state index in [9.17, 15) is 0 Å². The van der Waals surface area contributed by atoms with Crippen LogP contribution in [0, 0.1) is 12.0 Å². The zero-order chi connectivity index (χ0) is 11.5. The van der Waals surface area contributed by atoms with Crippen molar-refractivity contribution in [3.05, 3.63) is 28.5 Å². The van der Waals surface area contributed by atoms with Gasteiger partial charge in [-0.1, -0.05) is 47.5 Å². The molecule has 1 aliphatic rings. The molecule has 0 saturated carbocycles. The quantitative estimate of drug-likeness (QED) is 0.518. The molecule has 1 rings (SSSR count). The van der Waals surface area contributed by atoms with E-state index >= 15 is 0 Å². The van der Waals surface area contributed by atoms with Crippen LogP contribution in [0.25, 0.3) is 5.73 Å². The van der Waals surface area contributed by atoms with Gasteiger partial charge in [0.1, 0.15) is 0 Å². The van der Waals surface area contributed by atoms with Crippen molar-refractivity contribution in [1.29, 1.82) is 0 Å². The van der Waals surface area contributed by atoms with E-state index in [-0.39, 0.29) is 56.6 Å². The van der Waals surface area contributed by atoms with Crippen LogP contribution in [0.5, 0.6) is 0 Å². The van der Waals surface area contributed by atoms with Crippen LogP contribution >= 0.6 is 24.8 Å². The van der Waals surface area contributed by atoms with Crippen molar-refractivity contribution in [2.75, 3.05) is 0 Å². The first-order chi connectivity index (χ1) is 6.13. The standard InChI is InChI=1S/C9H13.C4H10N.2ClH.Zr/c1-6-5-7(2)9(4)8(6)3;1-4(2,3)5;;;/h6H,1-4H3;5H,1-3H3;2*1H;/q2*-1;;;+2. The molecule has 1 unspecified atom stereocenters. The van der Waals surface area contributed by atoms with Gasteiger partial charge < -0.3 is 5.73 Å². The van der Waals surface area contributed by atoms with Crippen LogP contribution in [0.3, 0.4) is 0 Å². The largest absolute Gasteiger partial charge is 2.00 e. The van der Waals surface area contributed by atoms with Crippen molar-refractivity contribution in [2.24, 2.45) is 5.92 Å². The Morgan fingerprint density at radius 1 is 1.06 bits per heavy atom. The van der Waals surface area contributed by atoms with Crippen LogP contribution < -0.4 is 0 Å². The third-order valence-electron chi connectivity index (χ3n) is 2.24. The Labute approximate surface area is 139 Å². The molecule has 0 aromatic heterocycles. The molecule has 0 fully saturated rings. The topological polar surface area (TPSA) is 23.8 Å². The fourth-order valence-corrected chi connectivity index (χ4v) is 1.16. The van der Waals surface area contributed by atoms with Gasteiger partial charge in [0.2, 0.25) is 0 Å². The summed E-state index contributed by atoms with van der Waals surface area (Å²) in [5.74, 6) is 0.560. The molecule has 17 heavy (non-hydrogen) atoms. The predicted octanol–water partition coefficient (Wildman–Crippen LogP) is 5.40. The van der Waals surface area contributed by atoms with Crippen LogP contribution in [-0.4, -0.2) is 5.54 Å². The van der Waals surface area contributed by atoms with E-state index in [0.29, 0.717) is 5.92 Å². The van der Waals surface area contributed by atoms with Crippen molar-refractivity contribution in [2.45, 2.75) is 54.0 Å². The Morgan fingerprint density at radius 3 is 1.41 bits per heavy atom. The second-order valence-electron chi connectivity index (χ2n) is 5.05. The van der Waals surface area contributed by atoms with Crippen LogP contribution in [0.4, 0.5) is 0 Å². The first-order valence-electron chi connectivity index (χ1n) is 5.15. The maximum Gasteiger partial charge on any atom is 2.00 e. The van der Waals surface area contributed by atoms with Crippen molar-refractivity contribution in [1.82, 2.24) is 0 Å². The molecule has 0 heterocycles. The van der Waals surface area contributed by atoms with Crippen LogP contribution in [-0.2, 0) is 26.2 Å². The van der Waals surface area contributed by atoms with Gasteiger partial charge in [-0.05, 0) is 0 Å². The number of nitrogens with one attached hydrogen (secondary N) is 1. The third-order valence-corrected chi connectivity index (χ3v) is 2.24. The minimum Gasteiger partial charge on any atom is -0.673 e. The number of allylic oxidation sites excluding steroid dienone is 4. The normalized spacial score (nSPS) is 17.9. The summed E-state index contributed by atoms with van der Waals surface area (Å²) in [7, 11) is 0. The molecule has 0 amide bonds. The zero-order valence-electron chi connectivity index (χ0n) is 11.9. The fourth-order valence-electron chi connectivity index (χ4n) is 1.16. The van der Waals surface area contributed by atoms with Crippen molar-refractivity contribution in [3.8, 4) is 0 Å². The second kappa shape index (κ2) is 10.8. The average molecular weight is 357 g/mol.